The van der Waals surface area contributed by atoms with Crippen LogP contribution in [0.3, 0.4) is 0 Å². The van der Waals surface area contributed by atoms with Gasteiger partial charge >= 0.3 is 0 Å². The van der Waals surface area contributed by atoms with Crippen LogP contribution in [0.1, 0.15) is 18.4 Å². The average Bonchev–Trinajstić information content (AvgIpc) is 2.71. The SMILES string of the molecule is COc1ccc(NC(=O)CCCOc2ccc(C#N)cc2OC)cc1OC. The maximum absolute atomic E-state index is 12.1. The van der Waals surface area contributed by atoms with Crippen LogP contribution in [0.2, 0.25) is 0 Å². The van der Waals surface area contributed by atoms with Crippen LogP contribution < -0.4 is 24.3 Å². The predicted octanol–water partition coefficient (Wildman–Crippen LogP) is 3.38. The van der Waals surface area contributed by atoms with E-state index < -0.39 is 0 Å². The van der Waals surface area contributed by atoms with E-state index in [9.17, 15) is 4.79 Å². The molecule has 0 aliphatic heterocycles. The standard InChI is InChI=1S/C20H22N2O5/c1-24-16-9-7-15(12-19(16)26-3)22-20(23)5-4-10-27-17-8-6-14(13-21)11-18(17)25-2/h6-9,11-12H,4-5,10H2,1-3H3,(H,22,23). The Morgan fingerprint density at radius 1 is 0.963 bits per heavy atom. The third-order valence-corrected chi connectivity index (χ3v) is 3.77. The van der Waals surface area contributed by atoms with Gasteiger partial charge in [-0.2, -0.15) is 5.26 Å². The fourth-order valence-electron chi connectivity index (χ4n) is 2.41. The topological polar surface area (TPSA) is 89.8 Å². The number of carbonyl (C=O) groups is 1. The van der Waals surface area contributed by atoms with Crippen molar-refractivity contribution in [3.63, 3.8) is 0 Å². The molecule has 0 fully saturated rings. The first-order valence-electron chi connectivity index (χ1n) is 8.34. The van der Waals surface area contributed by atoms with Crippen molar-refractivity contribution < 1.29 is 23.7 Å². The summed E-state index contributed by atoms with van der Waals surface area (Å²) in [6.45, 7) is 0.349. The van der Waals surface area contributed by atoms with E-state index in [-0.39, 0.29) is 5.91 Å². The van der Waals surface area contributed by atoms with E-state index in [0.29, 0.717) is 53.7 Å². The Morgan fingerprint density at radius 2 is 1.63 bits per heavy atom. The molecule has 27 heavy (non-hydrogen) atoms. The van der Waals surface area contributed by atoms with Gasteiger partial charge < -0.3 is 24.3 Å². The molecule has 0 saturated heterocycles. The third kappa shape index (κ3) is 5.54. The van der Waals surface area contributed by atoms with Gasteiger partial charge in [-0.15, -0.1) is 0 Å². The number of nitrogens with zero attached hydrogens (tertiary/aromatic N) is 1. The van der Waals surface area contributed by atoms with Crippen LogP contribution in [0, 0.1) is 11.3 Å². The van der Waals surface area contributed by atoms with Crippen molar-refractivity contribution >= 4 is 11.6 Å². The number of rotatable bonds is 9. The van der Waals surface area contributed by atoms with E-state index in [0.717, 1.165) is 0 Å². The molecule has 142 valence electrons. The first-order valence-corrected chi connectivity index (χ1v) is 8.34. The van der Waals surface area contributed by atoms with Crippen molar-refractivity contribution in [3.8, 4) is 29.1 Å². The number of ether oxygens (including phenoxy) is 4. The lowest BCUT2D eigenvalue weighted by molar-refractivity contribution is -0.116. The molecule has 0 aliphatic rings. The van der Waals surface area contributed by atoms with Crippen LogP contribution in [0.25, 0.3) is 0 Å². The number of benzene rings is 2. The second-order valence-electron chi connectivity index (χ2n) is 5.55. The number of nitrogens with one attached hydrogen (secondary N) is 1. The van der Waals surface area contributed by atoms with Crippen LogP contribution in [0.15, 0.2) is 36.4 Å². The van der Waals surface area contributed by atoms with Crippen LogP contribution in [0.5, 0.6) is 23.0 Å². The van der Waals surface area contributed by atoms with Gasteiger partial charge in [-0.05, 0) is 30.7 Å². The monoisotopic (exact) mass is 370 g/mol. The Bertz CT molecular complexity index is 830. The normalized spacial score (nSPS) is 9.85. The fraction of sp³-hybridized carbons (Fsp3) is 0.300. The molecular weight excluding hydrogens is 348 g/mol. The Balaban J connectivity index is 1.82. The quantitative estimate of drug-likeness (QED) is 0.681. The maximum Gasteiger partial charge on any atom is 0.224 e. The molecule has 0 spiro atoms. The third-order valence-electron chi connectivity index (χ3n) is 3.77. The molecule has 0 saturated carbocycles. The van der Waals surface area contributed by atoms with Crippen LogP contribution in [-0.4, -0.2) is 33.8 Å². The van der Waals surface area contributed by atoms with Gasteiger partial charge in [0.25, 0.3) is 0 Å². The molecule has 1 amide bonds. The summed E-state index contributed by atoms with van der Waals surface area (Å²) in [7, 11) is 4.61. The summed E-state index contributed by atoms with van der Waals surface area (Å²) in [5, 5.41) is 11.7. The molecule has 2 aromatic carbocycles. The highest BCUT2D eigenvalue weighted by atomic mass is 16.5. The summed E-state index contributed by atoms with van der Waals surface area (Å²) in [4.78, 5) is 12.1. The van der Waals surface area contributed by atoms with Crippen molar-refractivity contribution in [1.82, 2.24) is 0 Å². The van der Waals surface area contributed by atoms with Crippen molar-refractivity contribution in [2.24, 2.45) is 0 Å². The second-order valence-corrected chi connectivity index (χ2v) is 5.55. The summed E-state index contributed by atoms with van der Waals surface area (Å²) in [6, 6.07) is 12.2. The van der Waals surface area contributed by atoms with E-state index in [4.69, 9.17) is 24.2 Å². The second kappa shape index (κ2) is 9.92. The Morgan fingerprint density at radius 3 is 2.30 bits per heavy atom. The lowest BCUT2D eigenvalue weighted by Crippen LogP contribution is -2.13. The number of anilines is 1. The summed E-state index contributed by atoms with van der Waals surface area (Å²) in [5.41, 5.74) is 1.13. The van der Waals surface area contributed by atoms with Gasteiger partial charge in [0.2, 0.25) is 5.91 Å². The smallest absolute Gasteiger partial charge is 0.224 e. The number of carbonyl (C=O) groups excluding carboxylic acids is 1. The van der Waals surface area contributed by atoms with Gasteiger partial charge in [-0.3, -0.25) is 4.79 Å². The van der Waals surface area contributed by atoms with Crippen LogP contribution >= 0.6 is 0 Å². The molecule has 0 unspecified atom stereocenters. The lowest BCUT2D eigenvalue weighted by Gasteiger charge is -2.12. The molecule has 1 N–H and O–H groups in total. The highest BCUT2D eigenvalue weighted by molar-refractivity contribution is 5.91. The van der Waals surface area contributed by atoms with Gasteiger partial charge in [0.05, 0.1) is 39.6 Å². The zero-order valence-corrected chi connectivity index (χ0v) is 15.6. The number of amides is 1. The van der Waals surface area contributed by atoms with Crippen molar-refractivity contribution in [1.29, 1.82) is 5.26 Å². The maximum atomic E-state index is 12.1. The summed E-state index contributed by atoms with van der Waals surface area (Å²) < 4.78 is 21.2. The molecule has 7 nitrogen and oxygen atoms in total. The van der Waals surface area contributed by atoms with Crippen molar-refractivity contribution in [2.45, 2.75) is 12.8 Å². The first kappa shape index (κ1) is 19.9. The minimum atomic E-state index is -0.127. The van der Waals surface area contributed by atoms with Gasteiger partial charge in [0.1, 0.15) is 0 Å². The van der Waals surface area contributed by atoms with Crippen molar-refractivity contribution in [2.75, 3.05) is 33.3 Å². The van der Waals surface area contributed by atoms with E-state index in [1.54, 1.807) is 43.5 Å². The highest BCUT2D eigenvalue weighted by Gasteiger charge is 2.09. The lowest BCUT2D eigenvalue weighted by atomic mass is 10.2. The van der Waals surface area contributed by atoms with Gasteiger partial charge in [0, 0.05) is 24.2 Å². The zero-order valence-electron chi connectivity index (χ0n) is 15.6. The molecule has 0 aromatic heterocycles. The van der Waals surface area contributed by atoms with E-state index >= 15 is 0 Å². The van der Waals surface area contributed by atoms with Crippen molar-refractivity contribution in [3.05, 3.63) is 42.0 Å². The van der Waals surface area contributed by atoms with Gasteiger partial charge in [-0.25, -0.2) is 0 Å². The van der Waals surface area contributed by atoms with Gasteiger partial charge in [0.15, 0.2) is 23.0 Å². The molecule has 0 heterocycles. The largest absolute Gasteiger partial charge is 0.493 e. The molecule has 2 rings (SSSR count). The summed E-state index contributed by atoms with van der Waals surface area (Å²) in [6.07, 6.45) is 0.829. The fourth-order valence-corrected chi connectivity index (χ4v) is 2.41. The van der Waals surface area contributed by atoms with E-state index in [1.807, 2.05) is 6.07 Å². The first-order chi connectivity index (χ1) is 13.1. The van der Waals surface area contributed by atoms with E-state index in [1.165, 1.54) is 14.2 Å². The minimum absolute atomic E-state index is 0.127. The van der Waals surface area contributed by atoms with E-state index in [2.05, 4.69) is 5.32 Å². The number of hydrogen-bond donors (Lipinski definition) is 1. The Labute approximate surface area is 158 Å². The number of methoxy groups -OCH3 is 3. The van der Waals surface area contributed by atoms with Gasteiger partial charge in [-0.1, -0.05) is 0 Å². The Kier molecular flexibility index (Phi) is 7.32. The van der Waals surface area contributed by atoms with Crippen LogP contribution in [-0.2, 0) is 4.79 Å². The number of nitriles is 1. The van der Waals surface area contributed by atoms with Crippen LogP contribution in [0.4, 0.5) is 5.69 Å². The Hall–Kier alpha value is -3.40. The summed E-state index contributed by atoms with van der Waals surface area (Å²) >= 11 is 0. The molecule has 0 aliphatic carbocycles. The predicted molar refractivity (Wildman–Crippen MR) is 101 cm³/mol. The highest BCUT2D eigenvalue weighted by Crippen LogP contribution is 2.30. The minimum Gasteiger partial charge on any atom is -0.493 e. The zero-order chi connectivity index (χ0) is 19.6. The molecule has 7 heteroatoms. The molecule has 0 radical (unpaired) electrons. The summed E-state index contributed by atoms with van der Waals surface area (Å²) in [5.74, 6) is 2.05. The number of hydrogen-bond acceptors (Lipinski definition) is 6. The molecule has 0 bridgehead atoms. The molecular formula is C20H22N2O5. The average molecular weight is 370 g/mol. The molecule has 2 aromatic rings. The molecule has 0 atom stereocenters.